The molecule has 3 rings (SSSR count). The van der Waals surface area contributed by atoms with E-state index in [0.717, 1.165) is 0 Å². The van der Waals surface area contributed by atoms with Gasteiger partial charge in [-0.15, -0.1) is 0 Å². The molecule has 0 radical (unpaired) electrons. The van der Waals surface area contributed by atoms with E-state index in [1.54, 1.807) is 31.1 Å². The molecule has 0 bridgehead atoms. The number of carbonyl (C=O) groups excluding carboxylic acids is 1. The van der Waals surface area contributed by atoms with E-state index < -0.39 is 0 Å². The number of urea groups is 1. The van der Waals surface area contributed by atoms with Crippen molar-refractivity contribution < 1.29 is 18.8 Å². The number of benzene rings is 1. The molecule has 8 nitrogen and oxygen atoms in total. The molecule has 1 fully saturated rings. The summed E-state index contributed by atoms with van der Waals surface area (Å²) in [5.41, 5.74) is 0. The van der Waals surface area contributed by atoms with Crippen LogP contribution in [-0.2, 0) is 11.2 Å². The first-order valence-corrected chi connectivity index (χ1v) is 8.72. The van der Waals surface area contributed by atoms with E-state index in [1.165, 1.54) is 0 Å². The largest absolute Gasteiger partial charge is 0.487 e. The van der Waals surface area contributed by atoms with Crippen molar-refractivity contribution in [3.05, 3.63) is 41.0 Å². The lowest BCUT2D eigenvalue weighted by atomic mass is 10.2. The summed E-state index contributed by atoms with van der Waals surface area (Å²) in [6.45, 7) is 3.33. The molecule has 0 aliphatic carbocycles. The van der Waals surface area contributed by atoms with Crippen LogP contribution in [0.25, 0.3) is 0 Å². The molecule has 140 valence electrons. The first-order valence-electron chi connectivity index (χ1n) is 8.34. The number of halogens is 1. The lowest BCUT2D eigenvalue weighted by Gasteiger charge is -2.39. The fourth-order valence-corrected chi connectivity index (χ4v) is 2.67. The predicted molar refractivity (Wildman–Crippen MR) is 94.3 cm³/mol. The Morgan fingerprint density at radius 2 is 2.31 bits per heavy atom. The van der Waals surface area contributed by atoms with Gasteiger partial charge in [0.15, 0.2) is 5.82 Å². The van der Waals surface area contributed by atoms with Gasteiger partial charge in [0, 0.05) is 18.6 Å². The molecule has 1 aliphatic heterocycles. The van der Waals surface area contributed by atoms with Crippen molar-refractivity contribution in [3.8, 4) is 5.75 Å². The number of methoxy groups -OCH3 is 1. The lowest BCUT2D eigenvalue weighted by molar-refractivity contribution is 0.0432. The van der Waals surface area contributed by atoms with Crippen LogP contribution in [-0.4, -0.2) is 54.0 Å². The Balaban J connectivity index is 1.43. The van der Waals surface area contributed by atoms with E-state index in [9.17, 15) is 4.79 Å². The highest BCUT2D eigenvalue weighted by Gasteiger charge is 2.33. The maximum Gasteiger partial charge on any atom is 0.318 e. The standard InChI is InChI=1S/C17H21ClN4O4/c1-11(16-20-15(21-26-16)6-7-24-2)19-17(23)22-9-14(10-22)25-13-5-3-4-12(18)8-13/h3-5,8,11,14H,6-7,9-10H2,1-2H3,(H,19,23)/t11-/m0/s1. The minimum absolute atomic E-state index is 0.0430. The maximum atomic E-state index is 12.3. The third-order valence-corrected chi connectivity index (χ3v) is 4.19. The minimum Gasteiger partial charge on any atom is -0.487 e. The zero-order chi connectivity index (χ0) is 18.5. The van der Waals surface area contributed by atoms with Crippen LogP contribution in [0.3, 0.4) is 0 Å². The summed E-state index contributed by atoms with van der Waals surface area (Å²) in [6, 6.07) is 6.64. The van der Waals surface area contributed by atoms with Gasteiger partial charge in [-0.3, -0.25) is 0 Å². The van der Waals surface area contributed by atoms with Crippen LogP contribution in [0.1, 0.15) is 24.7 Å². The van der Waals surface area contributed by atoms with Crippen molar-refractivity contribution in [2.24, 2.45) is 0 Å². The molecule has 0 saturated carbocycles. The van der Waals surface area contributed by atoms with Crippen LogP contribution in [0, 0.1) is 0 Å². The van der Waals surface area contributed by atoms with Gasteiger partial charge < -0.3 is 24.2 Å². The molecule has 1 atom stereocenters. The number of amides is 2. The number of nitrogens with one attached hydrogen (secondary N) is 1. The number of hydrogen-bond donors (Lipinski definition) is 1. The average Bonchev–Trinajstić information content (AvgIpc) is 3.05. The molecule has 1 aromatic heterocycles. The SMILES string of the molecule is COCCc1noc([C@H](C)NC(=O)N2CC(Oc3cccc(Cl)c3)C2)n1. The summed E-state index contributed by atoms with van der Waals surface area (Å²) in [6.07, 6.45) is 0.522. The summed E-state index contributed by atoms with van der Waals surface area (Å²) in [5.74, 6) is 1.63. The summed E-state index contributed by atoms with van der Waals surface area (Å²) in [5, 5.41) is 7.33. The molecule has 26 heavy (non-hydrogen) atoms. The van der Waals surface area contributed by atoms with E-state index in [4.69, 9.17) is 25.6 Å². The Labute approximate surface area is 156 Å². The molecular formula is C17H21ClN4O4. The van der Waals surface area contributed by atoms with Crippen molar-refractivity contribution in [2.45, 2.75) is 25.5 Å². The van der Waals surface area contributed by atoms with Crippen LogP contribution in [0.4, 0.5) is 4.79 Å². The summed E-state index contributed by atoms with van der Waals surface area (Å²) in [4.78, 5) is 18.2. The van der Waals surface area contributed by atoms with E-state index >= 15 is 0 Å². The van der Waals surface area contributed by atoms with E-state index in [-0.39, 0.29) is 18.2 Å². The molecule has 2 aromatic rings. The van der Waals surface area contributed by atoms with Gasteiger partial charge in [0.25, 0.3) is 0 Å². The Bertz CT molecular complexity index is 748. The lowest BCUT2D eigenvalue weighted by Crippen LogP contribution is -2.59. The highest BCUT2D eigenvalue weighted by Crippen LogP contribution is 2.22. The fraction of sp³-hybridized carbons (Fsp3) is 0.471. The Morgan fingerprint density at radius 1 is 1.50 bits per heavy atom. The van der Waals surface area contributed by atoms with Gasteiger partial charge in [-0.1, -0.05) is 22.8 Å². The summed E-state index contributed by atoms with van der Waals surface area (Å²) >= 11 is 5.93. The average molecular weight is 381 g/mol. The van der Waals surface area contributed by atoms with Gasteiger partial charge in [0.05, 0.1) is 19.7 Å². The normalized spacial score (nSPS) is 15.4. The Morgan fingerprint density at radius 3 is 3.04 bits per heavy atom. The third kappa shape index (κ3) is 4.64. The maximum absolute atomic E-state index is 12.3. The number of likely N-dealkylation sites (tertiary alicyclic amines) is 1. The molecule has 0 unspecified atom stereocenters. The third-order valence-electron chi connectivity index (χ3n) is 3.96. The van der Waals surface area contributed by atoms with Crippen molar-refractivity contribution >= 4 is 17.6 Å². The minimum atomic E-state index is -0.376. The molecule has 9 heteroatoms. The first-order chi connectivity index (χ1) is 12.5. The van der Waals surface area contributed by atoms with Crippen LogP contribution >= 0.6 is 11.6 Å². The second kappa shape index (κ2) is 8.37. The van der Waals surface area contributed by atoms with Crippen molar-refractivity contribution in [3.63, 3.8) is 0 Å². The monoisotopic (exact) mass is 380 g/mol. The number of hydrogen-bond acceptors (Lipinski definition) is 6. The zero-order valence-corrected chi connectivity index (χ0v) is 15.4. The number of rotatable bonds is 7. The Hall–Kier alpha value is -2.32. The van der Waals surface area contributed by atoms with Gasteiger partial charge in [-0.2, -0.15) is 4.98 Å². The quantitative estimate of drug-likeness (QED) is 0.793. The van der Waals surface area contributed by atoms with E-state index in [0.29, 0.717) is 48.6 Å². The number of carbonyl (C=O) groups is 1. The number of nitrogens with zero attached hydrogens (tertiary/aromatic N) is 3. The number of aromatic nitrogens is 2. The van der Waals surface area contributed by atoms with E-state index in [1.807, 2.05) is 12.1 Å². The molecule has 2 amide bonds. The molecule has 1 aliphatic rings. The molecule has 1 saturated heterocycles. The zero-order valence-electron chi connectivity index (χ0n) is 14.6. The smallest absolute Gasteiger partial charge is 0.318 e. The van der Waals surface area contributed by atoms with Crippen LogP contribution in [0.5, 0.6) is 5.75 Å². The molecule has 2 heterocycles. The van der Waals surface area contributed by atoms with Crippen molar-refractivity contribution in [1.29, 1.82) is 0 Å². The predicted octanol–water partition coefficient (Wildman–Crippen LogP) is 2.45. The highest BCUT2D eigenvalue weighted by molar-refractivity contribution is 6.30. The second-order valence-corrected chi connectivity index (χ2v) is 6.50. The van der Waals surface area contributed by atoms with Crippen LogP contribution < -0.4 is 10.1 Å². The highest BCUT2D eigenvalue weighted by atomic mass is 35.5. The first kappa shape index (κ1) is 18.5. The van der Waals surface area contributed by atoms with Crippen LogP contribution in [0.15, 0.2) is 28.8 Å². The van der Waals surface area contributed by atoms with Gasteiger partial charge in [0.2, 0.25) is 5.89 Å². The van der Waals surface area contributed by atoms with Gasteiger partial charge >= 0.3 is 6.03 Å². The fourth-order valence-electron chi connectivity index (χ4n) is 2.49. The Kier molecular flexibility index (Phi) is 5.95. The molecule has 0 spiro atoms. The summed E-state index contributed by atoms with van der Waals surface area (Å²) in [7, 11) is 1.61. The molecule has 1 aromatic carbocycles. The molecule has 1 N–H and O–H groups in total. The van der Waals surface area contributed by atoms with Gasteiger partial charge in [0.1, 0.15) is 17.9 Å². The van der Waals surface area contributed by atoms with Gasteiger partial charge in [-0.25, -0.2) is 4.79 Å². The van der Waals surface area contributed by atoms with Crippen molar-refractivity contribution in [2.75, 3.05) is 26.8 Å². The van der Waals surface area contributed by atoms with Crippen LogP contribution in [0.2, 0.25) is 5.02 Å². The summed E-state index contributed by atoms with van der Waals surface area (Å²) < 4.78 is 15.9. The number of ether oxygens (including phenoxy) is 2. The topological polar surface area (TPSA) is 89.7 Å². The molecular weight excluding hydrogens is 360 g/mol. The second-order valence-electron chi connectivity index (χ2n) is 6.07. The van der Waals surface area contributed by atoms with Gasteiger partial charge in [-0.05, 0) is 25.1 Å². The van der Waals surface area contributed by atoms with E-state index in [2.05, 4.69) is 15.5 Å². The van der Waals surface area contributed by atoms with Crippen molar-refractivity contribution in [1.82, 2.24) is 20.4 Å².